The Labute approximate surface area is 135 Å². The standard InChI is InChI=1S/C18H18ClN3/c1-3-12-8-7-9-13(4-2)16(12)21-17-14-10-5-6-11-15(14)20-18(19)22-17/h5-11H,3-4H2,1-2H3,(H,20,21,22). The lowest BCUT2D eigenvalue weighted by Gasteiger charge is -2.16. The molecule has 0 atom stereocenters. The average Bonchev–Trinajstić information content (AvgIpc) is 2.54. The van der Waals surface area contributed by atoms with E-state index in [1.54, 1.807) is 0 Å². The smallest absolute Gasteiger partial charge is 0.224 e. The van der Waals surface area contributed by atoms with E-state index in [0.29, 0.717) is 0 Å². The average molecular weight is 312 g/mol. The lowest BCUT2D eigenvalue weighted by atomic mass is 10.0. The second-order valence-electron chi connectivity index (χ2n) is 5.14. The SMILES string of the molecule is CCc1cccc(CC)c1Nc1nc(Cl)nc2ccccc12. The lowest BCUT2D eigenvalue weighted by Crippen LogP contribution is -2.03. The molecule has 1 heterocycles. The molecule has 3 rings (SSSR count). The molecule has 0 amide bonds. The molecular weight excluding hydrogens is 294 g/mol. The van der Waals surface area contributed by atoms with Crippen LogP contribution >= 0.6 is 11.6 Å². The van der Waals surface area contributed by atoms with E-state index < -0.39 is 0 Å². The van der Waals surface area contributed by atoms with Gasteiger partial charge in [-0.3, -0.25) is 0 Å². The predicted octanol–water partition coefficient (Wildman–Crippen LogP) is 5.15. The first-order valence-electron chi connectivity index (χ1n) is 7.53. The van der Waals surface area contributed by atoms with Crippen molar-refractivity contribution in [2.24, 2.45) is 0 Å². The quantitative estimate of drug-likeness (QED) is 0.677. The van der Waals surface area contributed by atoms with Gasteiger partial charge in [0.25, 0.3) is 0 Å². The molecule has 1 N–H and O–H groups in total. The molecule has 2 aromatic carbocycles. The van der Waals surface area contributed by atoms with Crippen LogP contribution in [-0.2, 0) is 12.8 Å². The fourth-order valence-corrected chi connectivity index (χ4v) is 2.84. The highest BCUT2D eigenvalue weighted by Gasteiger charge is 2.11. The first-order valence-corrected chi connectivity index (χ1v) is 7.90. The molecule has 0 aliphatic rings. The van der Waals surface area contributed by atoms with Crippen molar-refractivity contribution in [2.75, 3.05) is 5.32 Å². The maximum atomic E-state index is 6.08. The molecule has 22 heavy (non-hydrogen) atoms. The van der Waals surface area contributed by atoms with Crippen LogP contribution in [0.1, 0.15) is 25.0 Å². The van der Waals surface area contributed by atoms with Crippen LogP contribution < -0.4 is 5.32 Å². The van der Waals surface area contributed by atoms with E-state index in [0.717, 1.165) is 35.2 Å². The molecule has 0 spiro atoms. The minimum Gasteiger partial charge on any atom is -0.339 e. The summed E-state index contributed by atoms with van der Waals surface area (Å²) in [7, 11) is 0. The van der Waals surface area contributed by atoms with Crippen molar-refractivity contribution in [3.8, 4) is 0 Å². The van der Waals surface area contributed by atoms with Gasteiger partial charge in [0.2, 0.25) is 5.28 Å². The molecule has 3 nitrogen and oxygen atoms in total. The van der Waals surface area contributed by atoms with Gasteiger partial charge in [0, 0.05) is 11.1 Å². The van der Waals surface area contributed by atoms with E-state index in [9.17, 15) is 0 Å². The topological polar surface area (TPSA) is 37.8 Å². The highest BCUT2D eigenvalue weighted by molar-refractivity contribution is 6.28. The molecule has 4 heteroatoms. The van der Waals surface area contributed by atoms with E-state index >= 15 is 0 Å². The Morgan fingerprint density at radius 3 is 2.27 bits per heavy atom. The van der Waals surface area contributed by atoms with Crippen LogP contribution in [-0.4, -0.2) is 9.97 Å². The molecule has 112 valence electrons. The Kier molecular flexibility index (Phi) is 4.25. The number of halogens is 1. The van der Waals surface area contributed by atoms with Crippen LogP contribution in [0.5, 0.6) is 0 Å². The zero-order valence-electron chi connectivity index (χ0n) is 12.7. The molecular formula is C18H18ClN3. The maximum Gasteiger partial charge on any atom is 0.224 e. The summed E-state index contributed by atoms with van der Waals surface area (Å²) in [5.74, 6) is 0.756. The van der Waals surface area contributed by atoms with Crippen molar-refractivity contribution < 1.29 is 0 Å². The van der Waals surface area contributed by atoms with Crippen molar-refractivity contribution in [1.29, 1.82) is 0 Å². The van der Waals surface area contributed by atoms with Crippen LogP contribution in [0.25, 0.3) is 10.9 Å². The van der Waals surface area contributed by atoms with Crippen molar-refractivity contribution in [2.45, 2.75) is 26.7 Å². The minimum atomic E-state index is 0.258. The Morgan fingerprint density at radius 1 is 0.909 bits per heavy atom. The first-order chi connectivity index (χ1) is 10.7. The zero-order chi connectivity index (χ0) is 15.5. The fraction of sp³-hybridized carbons (Fsp3) is 0.222. The molecule has 0 aliphatic heterocycles. The molecule has 0 radical (unpaired) electrons. The number of anilines is 2. The van der Waals surface area contributed by atoms with Crippen LogP contribution in [0.3, 0.4) is 0 Å². The number of rotatable bonds is 4. The third kappa shape index (κ3) is 2.77. The van der Waals surface area contributed by atoms with Crippen molar-refractivity contribution in [3.63, 3.8) is 0 Å². The van der Waals surface area contributed by atoms with Crippen molar-refractivity contribution in [1.82, 2.24) is 9.97 Å². The Hall–Kier alpha value is -2.13. The molecule has 0 fully saturated rings. The monoisotopic (exact) mass is 311 g/mol. The summed E-state index contributed by atoms with van der Waals surface area (Å²) in [4.78, 5) is 8.67. The van der Waals surface area contributed by atoms with Gasteiger partial charge in [-0.05, 0) is 47.7 Å². The van der Waals surface area contributed by atoms with Gasteiger partial charge in [0.05, 0.1) is 5.52 Å². The summed E-state index contributed by atoms with van der Waals surface area (Å²) in [6, 6.07) is 14.3. The predicted molar refractivity (Wildman–Crippen MR) is 93.0 cm³/mol. The molecule has 3 aromatic rings. The third-order valence-corrected chi connectivity index (χ3v) is 3.99. The highest BCUT2D eigenvalue weighted by atomic mass is 35.5. The number of fused-ring (bicyclic) bond motifs is 1. The van der Waals surface area contributed by atoms with Crippen LogP contribution in [0.4, 0.5) is 11.5 Å². The summed E-state index contributed by atoms with van der Waals surface area (Å²) < 4.78 is 0. The summed E-state index contributed by atoms with van der Waals surface area (Å²) in [5, 5.41) is 4.72. The van der Waals surface area contributed by atoms with E-state index in [1.165, 1.54) is 11.1 Å². The molecule has 0 saturated carbocycles. The second kappa shape index (κ2) is 6.32. The Bertz CT molecular complexity index is 792. The van der Waals surface area contributed by atoms with E-state index in [-0.39, 0.29) is 5.28 Å². The maximum absolute atomic E-state index is 6.08. The molecule has 0 bridgehead atoms. The van der Waals surface area contributed by atoms with E-state index in [4.69, 9.17) is 11.6 Å². The highest BCUT2D eigenvalue weighted by Crippen LogP contribution is 2.29. The lowest BCUT2D eigenvalue weighted by molar-refractivity contribution is 1.08. The van der Waals surface area contributed by atoms with Gasteiger partial charge in [-0.15, -0.1) is 0 Å². The zero-order valence-corrected chi connectivity index (χ0v) is 13.5. The number of benzene rings is 2. The van der Waals surface area contributed by atoms with Crippen molar-refractivity contribution >= 4 is 34.0 Å². The Morgan fingerprint density at radius 2 is 1.59 bits per heavy atom. The van der Waals surface area contributed by atoms with Gasteiger partial charge >= 0.3 is 0 Å². The summed E-state index contributed by atoms with van der Waals surface area (Å²) >= 11 is 6.08. The number of para-hydroxylation sites is 2. The minimum absolute atomic E-state index is 0.258. The summed E-state index contributed by atoms with van der Waals surface area (Å²) in [6.45, 7) is 4.32. The summed E-state index contributed by atoms with van der Waals surface area (Å²) in [6.07, 6.45) is 1.93. The third-order valence-electron chi connectivity index (χ3n) is 3.82. The molecule has 0 aliphatic carbocycles. The number of aromatic nitrogens is 2. The molecule has 0 saturated heterocycles. The van der Waals surface area contributed by atoms with Gasteiger partial charge in [0.1, 0.15) is 5.82 Å². The normalized spacial score (nSPS) is 10.9. The number of nitrogens with one attached hydrogen (secondary N) is 1. The first kappa shape index (κ1) is 14.8. The number of aryl methyl sites for hydroxylation is 2. The van der Waals surface area contributed by atoms with Gasteiger partial charge in [-0.25, -0.2) is 4.98 Å². The largest absolute Gasteiger partial charge is 0.339 e. The molecule has 1 aromatic heterocycles. The van der Waals surface area contributed by atoms with Crippen molar-refractivity contribution in [3.05, 3.63) is 58.9 Å². The van der Waals surface area contributed by atoms with E-state index in [1.807, 2.05) is 24.3 Å². The van der Waals surface area contributed by atoms with E-state index in [2.05, 4.69) is 47.3 Å². The number of hydrogen-bond acceptors (Lipinski definition) is 3. The van der Waals surface area contributed by atoms with Gasteiger partial charge in [-0.1, -0.05) is 44.2 Å². The fourth-order valence-electron chi connectivity index (χ4n) is 2.67. The summed E-state index contributed by atoms with van der Waals surface area (Å²) in [5.41, 5.74) is 4.53. The van der Waals surface area contributed by atoms with Crippen LogP contribution in [0.15, 0.2) is 42.5 Å². The number of hydrogen-bond donors (Lipinski definition) is 1. The van der Waals surface area contributed by atoms with Crippen LogP contribution in [0, 0.1) is 0 Å². The molecule has 0 unspecified atom stereocenters. The van der Waals surface area contributed by atoms with Gasteiger partial charge in [-0.2, -0.15) is 4.98 Å². The van der Waals surface area contributed by atoms with Gasteiger partial charge < -0.3 is 5.32 Å². The van der Waals surface area contributed by atoms with Gasteiger partial charge in [0.15, 0.2) is 0 Å². The van der Waals surface area contributed by atoms with Crippen LogP contribution in [0.2, 0.25) is 5.28 Å². The number of nitrogens with zero attached hydrogens (tertiary/aromatic N) is 2. The second-order valence-corrected chi connectivity index (χ2v) is 5.48. The Balaban J connectivity index is 2.15.